The van der Waals surface area contributed by atoms with Gasteiger partial charge >= 0.3 is 0 Å². The standard InChI is InChI=1S/C18H18N4O4S/c1-22(2)27(24,25)15-5-3-13(4-6-15)18(23)21-11-16-17(20-9-8-19-16)14-7-10-26-12-14/h3-10,12H,11H2,1-2H3,(H,21,23). The van der Waals surface area contributed by atoms with Crippen LogP contribution in [0.15, 0.2) is 64.6 Å². The van der Waals surface area contributed by atoms with Gasteiger partial charge in [0.1, 0.15) is 0 Å². The molecule has 0 aliphatic heterocycles. The number of sulfonamides is 1. The monoisotopic (exact) mass is 386 g/mol. The molecule has 140 valence electrons. The predicted molar refractivity (Wildman–Crippen MR) is 98.2 cm³/mol. The number of carbonyl (C=O) groups excluding carboxylic acids is 1. The van der Waals surface area contributed by atoms with Crippen LogP contribution >= 0.6 is 0 Å². The van der Waals surface area contributed by atoms with Gasteiger partial charge in [-0.2, -0.15) is 0 Å². The fourth-order valence-electron chi connectivity index (χ4n) is 2.39. The highest BCUT2D eigenvalue weighted by Crippen LogP contribution is 2.20. The molecule has 8 nitrogen and oxygen atoms in total. The van der Waals surface area contributed by atoms with Gasteiger partial charge in [-0.3, -0.25) is 14.8 Å². The molecule has 0 aliphatic carbocycles. The second kappa shape index (κ2) is 7.68. The molecule has 2 aromatic heterocycles. The second-order valence-corrected chi connectivity index (χ2v) is 8.01. The summed E-state index contributed by atoms with van der Waals surface area (Å²) in [6, 6.07) is 7.52. The van der Waals surface area contributed by atoms with Gasteiger partial charge in [0.2, 0.25) is 10.0 Å². The molecule has 1 N–H and O–H groups in total. The fraction of sp³-hybridized carbons (Fsp3) is 0.167. The summed E-state index contributed by atoms with van der Waals surface area (Å²) in [7, 11) is -0.625. The van der Waals surface area contributed by atoms with Gasteiger partial charge < -0.3 is 9.73 Å². The molecular formula is C18H18N4O4S. The van der Waals surface area contributed by atoms with Gasteiger partial charge in [-0.1, -0.05) is 0 Å². The van der Waals surface area contributed by atoms with Crippen LogP contribution in [0.4, 0.5) is 0 Å². The first-order valence-electron chi connectivity index (χ1n) is 8.03. The molecule has 1 amide bonds. The third-order valence-electron chi connectivity index (χ3n) is 3.88. The maximum Gasteiger partial charge on any atom is 0.251 e. The number of nitrogens with zero attached hydrogens (tertiary/aromatic N) is 3. The van der Waals surface area contributed by atoms with Crippen molar-refractivity contribution in [2.24, 2.45) is 0 Å². The van der Waals surface area contributed by atoms with Gasteiger partial charge in [0, 0.05) is 37.6 Å². The Balaban J connectivity index is 1.72. The van der Waals surface area contributed by atoms with Crippen molar-refractivity contribution in [1.82, 2.24) is 19.6 Å². The zero-order valence-electron chi connectivity index (χ0n) is 14.8. The highest BCUT2D eigenvalue weighted by Gasteiger charge is 2.18. The van der Waals surface area contributed by atoms with Gasteiger partial charge in [0.05, 0.1) is 35.4 Å². The Morgan fingerprint density at radius 1 is 1.11 bits per heavy atom. The van der Waals surface area contributed by atoms with Crippen LogP contribution in [-0.4, -0.2) is 42.7 Å². The predicted octanol–water partition coefficient (Wildman–Crippen LogP) is 1.92. The molecule has 1 aromatic carbocycles. The molecule has 0 spiro atoms. The molecule has 0 aliphatic rings. The van der Waals surface area contributed by atoms with Crippen molar-refractivity contribution < 1.29 is 17.6 Å². The summed E-state index contributed by atoms with van der Waals surface area (Å²) in [5.41, 5.74) is 2.34. The van der Waals surface area contributed by atoms with Gasteiger partial charge in [0.15, 0.2) is 0 Å². The van der Waals surface area contributed by atoms with Gasteiger partial charge in [0.25, 0.3) is 5.91 Å². The Labute approximate surface area is 156 Å². The van der Waals surface area contributed by atoms with E-state index < -0.39 is 10.0 Å². The number of rotatable bonds is 6. The Morgan fingerprint density at radius 3 is 2.44 bits per heavy atom. The number of carbonyl (C=O) groups is 1. The largest absolute Gasteiger partial charge is 0.472 e. The van der Waals surface area contributed by atoms with Crippen LogP contribution in [0.1, 0.15) is 16.1 Å². The number of hydrogen-bond acceptors (Lipinski definition) is 6. The first-order chi connectivity index (χ1) is 12.9. The number of aromatic nitrogens is 2. The molecule has 3 rings (SSSR count). The molecule has 0 bridgehead atoms. The third kappa shape index (κ3) is 4.04. The maximum absolute atomic E-state index is 12.4. The molecule has 0 saturated heterocycles. The Hall–Kier alpha value is -3.04. The van der Waals surface area contributed by atoms with Crippen LogP contribution < -0.4 is 5.32 Å². The molecule has 2 heterocycles. The number of amides is 1. The number of nitrogens with one attached hydrogen (secondary N) is 1. The zero-order chi connectivity index (χ0) is 19.4. The van der Waals surface area contributed by atoms with E-state index in [0.717, 1.165) is 9.87 Å². The van der Waals surface area contributed by atoms with E-state index in [1.54, 1.807) is 24.7 Å². The van der Waals surface area contributed by atoms with Crippen molar-refractivity contribution in [2.75, 3.05) is 14.1 Å². The lowest BCUT2D eigenvalue weighted by molar-refractivity contribution is 0.0950. The van der Waals surface area contributed by atoms with Gasteiger partial charge in [-0.05, 0) is 30.3 Å². The second-order valence-electron chi connectivity index (χ2n) is 5.86. The molecule has 0 saturated carbocycles. The van der Waals surface area contributed by atoms with Crippen molar-refractivity contribution in [1.29, 1.82) is 0 Å². The van der Waals surface area contributed by atoms with Crippen molar-refractivity contribution in [3.8, 4) is 11.3 Å². The summed E-state index contributed by atoms with van der Waals surface area (Å²) >= 11 is 0. The normalized spacial score (nSPS) is 11.5. The van der Waals surface area contributed by atoms with Crippen molar-refractivity contribution in [2.45, 2.75) is 11.4 Å². The van der Waals surface area contributed by atoms with E-state index in [2.05, 4.69) is 15.3 Å². The lowest BCUT2D eigenvalue weighted by atomic mass is 10.1. The maximum atomic E-state index is 12.4. The van der Waals surface area contributed by atoms with Crippen molar-refractivity contribution in [3.05, 3.63) is 66.5 Å². The first kappa shape index (κ1) is 18.7. The number of benzene rings is 1. The van der Waals surface area contributed by atoms with Gasteiger partial charge in [-0.25, -0.2) is 12.7 Å². The Kier molecular flexibility index (Phi) is 5.33. The van der Waals surface area contributed by atoms with Crippen molar-refractivity contribution in [3.63, 3.8) is 0 Å². The third-order valence-corrected chi connectivity index (χ3v) is 5.71. The van der Waals surface area contributed by atoms with E-state index in [1.165, 1.54) is 44.6 Å². The van der Waals surface area contributed by atoms with E-state index in [-0.39, 0.29) is 17.3 Å². The quantitative estimate of drug-likeness (QED) is 0.694. The van der Waals surface area contributed by atoms with Crippen LogP contribution in [0.5, 0.6) is 0 Å². The average Bonchev–Trinajstić information content (AvgIpc) is 3.21. The lowest BCUT2D eigenvalue weighted by Gasteiger charge is -2.12. The summed E-state index contributed by atoms with van der Waals surface area (Å²) in [5.74, 6) is -0.340. The van der Waals surface area contributed by atoms with Crippen LogP contribution in [0.2, 0.25) is 0 Å². The minimum atomic E-state index is -3.53. The van der Waals surface area contributed by atoms with Gasteiger partial charge in [-0.15, -0.1) is 0 Å². The van der Waals surface area contributed by atoms with Crippen LogP contribution in [0, 0.1) is 0 Å². The topological polar surface area (TPSA) is 105 Å². The minimum absolute atomic E-state index is 0.125. The summed E-state index contributed by atoms with van der Waals surface area (Å²) in [6.45, 7) is 0.172. The van der Waals surface area contributed by atoms with Crippen molar-refractivity contribution >= 4 is 15.9 Å². The number of hydrogen-bond donors (Lipinski definition) is 1. The highest BCUT2D eigenvalue weighted by molar-refractivity contribution is 7.89. The summed E-state index contributed by atoms with van der Waals surface area (Å²) < 4.78 is 30.3. The van der Waals surface area contributed by atoms with Crippen LogP contribution in [0.25, 0.3) is 11.3 Å². The molecule has 3 aromatic rings. The van der Waals surface area contributed by atoms with E-state index in [9.17, 15) is 13.2 Å². The molecule has 0 unspecified atom stereocenters. The SMILES string of the molecule is CN(C)S(=O)(=O)c1ccc(C(=O)NCc2nccnc2-c2ccoc2)cc1. The first-order valence-corrected chi connectivity index (χ1v) is 9.47. The fourth-order valence-corrected chi connectivity index (χ4v) is 3.29. The summed E-state index contributed by atoms with van der Waals surface area (Å²) in [6.07, 6.45) is 6.21. The summed E-state index contributed by atoms with van der Waals surface area (Å²) in [4.78, 5) is 21.0. The molecule has 27 heavy (non-hydrogen) atoms. The molecule has 0 atom stereocenters. The minimum Gasteiger partial charge on any atom is -0.472 e. The van der Waals surface area contributed by atoms with E-state index in [1.807, 2.05) is 0 Å². The van der Waals surface area contributed by atoms with Crippen LogP contribution in [0.3, 0.4) is 0 Å². The van der Waals surface area contributed by atoms with E-state index in [4.69, 9.17) is 4.42 Å². The van der Waals surface area contributed by atoms with Crippen LogP contribution in [-0.2, 0) is 16.6 Å². The lowest BCUT2D eigenvalue weighted by Crippen LogP contribution is -2.24. The number of furan rings is 1. The Morgan fingerprint density at radius 2 is 1.81 bits per heavy atom. The smallest absolute Gasteiger partial charge is 0.251 e. The average molecular weight is 386 g/mol. The zero-order valence-corrected chi connectivity index (χ0v) is 15.6. The molecule has 0 radical (unpaired) electrons. The summed E-state index contributed by atoms with van der Waals surface area (Å²) in [5, 5.41) is 2.77. The Bertz CT molecular complexity index is 1030. The van der Waals surface area contributed by atoms with E-state index >= 15 is 0 Å². The molecule has 0 fully saturated rings. The highest BCUT2D eigenvalue weighted by atomic mass is 32.2. The molecular weight excluding hydrogens is 368 g/mol. The van der Waals surface area contributed by atoms with E-state index in [0.29, 0.717) is 17.0 Å². The molecule has 9 heteroatoms.